The molecule has 1 fully saturated rings. The van der Waals surface area contributed by atoms with Crippen molar-refractivity contribution in [1.29, 1.82) is 0 Å². The van der Waals surface area contributed by atoms with Gasteiger partial charge in [0.1, 0.15) is 9.88 Å². The average molecular weight is 335 g/mol. The van der Waals surface area contributed by atoms with E-state index in [9.17, 15) is 9.59 Å². The quantitative estimate of drug-likeness (QED) is 0.913. The minimum absolute atomic E-state index is 0.0683. The summed E-state index contributed by atoms with van der Waals surface area (Å²) in [5.74, 6) is 0.0526. The molecule has 0 radical (unpaired) electrons. The van der Waals surface area contributed by atoms with E-state index >= 15 is 0 Å². The van der Waals surface area contributed by atoms with Crippen molar-refractivity contribution in [2.24, 2.45) is 0 Å². The van der Waals surface area contributed by atoms with Crippen LogP contribution in [-0.4, -0.2) is 40.8 Å². The highest BCUT2D eigenvalue weighted by Gasteiger charge is 2.23. The number of thiophene rings is 1. The van der Waals surface area contributed by atoms with Gasteiger partial charge in [0.25, 0.3) is 5.91 Å². The number of likely N-dealkylation sites (tertiary alicyclic amines) is 1. The van der Waals surface area contributed by atoms with E-state index in [0.717, 1.165) is 23.5 Å². The molecule has 1 N–H and O–H groups in total. The lowest BCUT2D eigenvalue weighted by molar-refractivity contribution is -0.127. The van der Waals surface area contributed by atoms with Crippen molar-refractivity contribution in [2.45, 2.75) is 25.8 Å². The van der Waals surface area contributed by atoms with E-state index in [1.54, 1.807) is 17.5 Å². The first kappa shape index (κ1) is 15.2. The maximum atomic E-state index is 12.3. The molecule has 1 atom stereocenters. The summed E-state index contributed by atoms with van der Waals surface area (Å²) in [6.07, 6.45) is 3.15. The van der Waals surface area contributed by atoms with Crippen LogP contribution in [0.25, 0.3) is 10.6 Å². The van der Waals surface area contributed by atoms with Crippen molar-refractivity contribution in [3.8, 4) is 10.6 Å². The molecule has 0 aliphatic carbocycles. The van der Waals surface area contributed by atoms with Crippen molar-refractivity contribution >= 4 is 34.5 Å². The van der Waals surface area contributed by atoms with E-state index < -0.39 is 0 Å². The van der Waals surface area contributed by atoms with Gasteiger partial charge < -0.3 is 10.2 Å². The fraction of sp³-hybridized carbons (Fsp3) is 0.400. The molecule has 116 valence electrons. The third kappa shape index (κ3) is 3.36. The van der Waals surface area contributed by atoms with Crippen LogP contribution in [0.3, 0.4) is 0 Å². The highest BCUT2D eigenvalue weighted by Crippen LogP contribution is 2.26. The first-order valence-electron chi connectivity index (χ1n) is 7.20. The molecule has 5 nitrogen and oxygen atoms in total. The Kier molecular flexibility index (Phi) is 4.54. The van der Waals surface area contributed by atoms with E-state index in [1.807, 2.05) is 28.7 Å². The number of rotatable bonds is 5. The summed E-state index contributed by atoms with van der Waals surface area (Å²) in [6, 6.07) is 1.92. The van der Waals surface area contributed by atoms with Gasteiger partial charge in [-0.2, -0.15) is 11.3 Å². The van der Waals surface area contributed by atoms with Gasteiger partial charge in [0, 0.05) is 36.5 Å². The normalized spacial score (nSPS) is 16.0. The van der Waals surface area contributed by atoms with E-state index in [0.29, 0.717) is 17.8 Å². The van der Waals surface area contributed by atoms with Crippen LogP contribution in [0.2, 0.25) is 0 Å². The fourth-order valence-corrected chi connectivity index (χ4v) is 4.00. The molecule has 0 saturated carbocycles. The van der Waals surface area contributed by atoms with Crippen LogP contribution < -0.4 is 5.32 Å². The second kappa shape index (κ2) is 6.58. The van der Waals surface area contributed by atoms with Gasteiger partial charge in [-0.3, -0.25) is 9.59 Å². The summed E-state index contributed by atoms with van der Waals surface area (Å²) in [5, 5.41) is 7.81. The Hall–Kier alpha value is -1.73. The summed E-state index contributed by atoms with van der Waals surface area (Å²) in [6.45, 7) is 3.28. The Morgan fingerprint density at radius 3 is 3.09 bits per heavy atom. The molecule has 0 bridgehead atoms. The van der Waals surface area contributed by atoms with Crippen LogP contribution in [0.1, 0.15) is 29.4 Å². The molecule has 3 rings (SSSR count). The van der Waals surface area contributed by atoms with Crippen molar-refractivity contribution in [1.82, 2.24) is 15.2 Å². The lowest BCUT2D eigenvalue weighted by Gasteiger charge is -2.21. The number of carbonyl (C=O) groups excluding carboxylic acids is 2. The van der Waals surface area contributed by atoms with Crippen molar-refractivity contribution in [3.63, 3.8) is 0 Å². The highest BCUT2D eigenvalue weighted by atomic mass is 32.1. The molecule has 1 saturated heterocycles. The first-order valence-corrected chi connectivity index (χ1v) is 8.96. The van der Waals surface area contributed by atoms with Gasteiger partial charge in [-0.05, 0) is 24.8 Å². The van der Waals surface area contributed by atoms with Crippen LogP contribution in [0.15, 0.2) is 23.0 Å². The van der Waals surface area contributed by atoms with Gasteiger partial charge >= 0.3 is 0 Å². The van der Waals surface area contributed by atoms with E-state index in [1.165, 1.54) is 11.3 Å². The SMILES string of the molecule is C[C@@H](CN1CCCC1=O)NC(=O)c1cnc(-c2ccsc2)s1. The minimum Gasteiger partial charge on any atom is -0.347 e. The third-order valence-electron chi connectivity index (χ3n) is 3.54. The van der Waals surface area contributed by atoms with Gasteiger partial charge in [-0.1, -0.05) is 0 Å². The predicted molar refractivity (Wildman–Crippen MR) is 88.2 cm³/mol. The number of nitrogens with one attached hydrogen (secondary N) is 1. The maximum absolute atomic E-state index is 12.3. The molecule has 0 spiro atoms. The highest BCUT2D eigenvalue weighted by molar-refractivity contribution is 7.17. The molecular weight excluding hydrogens is 318 g/mol. The van der Waals surface area contributed by atoms with E-state index in [-0.39, 0.29) is 17.9 Å². The second-order valence-electron chi connectivity index (χ2n) is 5.36. The lowest BCUT2D eigenvalue weighted by Crippen LogP contribution is -2.42. The molecule has 3 heterocycles. The van der Waals surface area contributed by atoms with Gasteiger partial charge in [-0.15, -0.1) is 11.3 Å². The summed E-state index contributed by atoms with van der Waals surface area (Å²) >= 11 is 3.00. The number of hydrogen-bond acceptors (Lipinski definition) is 5. The Morgan fingerprint density at radius 1 is 1.55 bits per heavy atom. The molecule has 2 aromatic heterocycles. The molecule has 0 unspecified atom stereocenters. The smallest absolute Gasteiger partial charge is 0.263 e. The summed E-state index contributed by atoms with van der Waals surface area (Å²) < 4.78 is 0. The number of thiazole rings is 1. The minimum atomic E-state index is -0.127. The standard InChI is InChI=1S/C15H17N3O2S2/c1-10(8-18-5-2-3-13(18)19)17-14(20)12-7-16-15(22-12)11-4-6-21-9-11/h4,6-7,9-10H,2-3,5,8H2,1H3,(H,17,20)/t10-/m0/s1. The van der Waals surface area contributed by atoms with Gasteiger partial charge in [0.05, 0.1) is 6.20 Å². The largest absolute Gasteiger partial charge is 0.347 e. The van der Waals surface area contributed by atoms with Gasteiger partial charge in [0.15, 0.2) is 0 Å². The molecule has 2 aromatic rings. The van der Waals surface area contributed by atoms with Crippen molar-refractivity contribution in [2.75, 3.05) is 13.1 Å². The zero-order chi connectivity index (χ0) is 15.5. The average Bonchev–Trinajstić information content (AvgIpc) is 3.19. The van der Waals surface area contributed by atoms with Crippen LogP contribution >= 0.6 is 22.7 Å². The first-order chi connectivity index (χ1) is 10.6. The zero-order valence-electron chi connectivity index (χ0n) is 12.2. The summed E-state index contributed by atoms with van der Waals surface area (Å²) in [5.41, 5.74) is 1.05. The van der Waals surface area contributed by atoms with Crippen LogP contribution in [-0.2, 0) is 4.79 Å². The van der Waals surface area contributed by atoms with Crippen LogP contribution in [0, 0.1) is 0 Å². The molecule has 0 aromatic carbocycles. The lowest BCUT2D eigenvalue weighted by atomic mass is 10.3. The number of carbonyl (C=O) groups is 2. The molecule has 1 aliphatic heterocycles. The Balaban J connectivity index is 1.58. The van der Waals surface area contributed by atoms with Crippen molar-refractivity contribution < 1.29 is 9.59 Å². The molecule has 1 aliphatic rings. The second-order valence-corrected chi connectivity index (χ2v) is 7.17. The van der Waals surface area contributed by atoms with Gasteiger partial charge in [-0.25, -0.2) is 4.98 Å². The third-order valence-corrected chi connectivity index (χ3v) is 5.27. The van der Waals surface area contributed by atoms with E-state index in [4.69, 9.17) is 0 Å². The van der Waals surface area contributed by atoms with Crippen molar-refractivity contribution in [3.05, 3.63) is 27.9 Å². The number of amides is 2. The topological polar surface area (TPSA) is 62.3 Å². The number of hydrogen-bond donors (Lipinski definition) is 1. The fourth-order valence-electron chi connectivity index (χ4n) is 2.47. The van der Waals surface area contributed by atoms with E-state index in [2.05, 4.69) is 10.3 Å². The summed E-state index contributed by atoms with van der Waals surface area (Å²) in [7, 11) is 0. The Morgan fingerprint density at radius 2 is 2.41 bits per heavy atom. The molecule has 22 heavy (non-hydrogen) atoms. The van der Waals surface area contributed by atoms with Gasteiger partial charge in [0.2, 0.25) is 5.91 Å². The summed E-state index contributed by atoms with van der Waals surface area (Å²) in [4.78, 5) is 30.6. The number of nitrogens with zero attached hydrogens (tertiary/aromatic N) is 2. The monoisotopic (exact) mass is 335 g/mol. The number of aromatic nitrogens is 1. The Bertz CT molecular complexity index is 666. The molecule has 2 amide bonds. The molecule has 7 heteroatoms. The molecular formula is C15H17N3O2S2. The van der Waals surface area contributed by atoms with Crippen LogP contribution in [0.4, 0.5) is 0 Å². The zero-order valence-corrected chi connectivity index (χ0v) is 13.9. The Labute approximate surface area is 137 Å². The van der Waals surface area contributed by atoms with Crippen LogP contribution in [0.5, 0.6) is 0 Å². The maximum Gasteiger partial charge on any atom is 0.263 e. The predicted octanol–water partition coefficient (Wildman–Crippen LogP) is 2.61.